The normalized spacial score (nSPS) is 15.6. The van der Waals surface area contributed by atoms with Crippen LogP contribution in [0.2, 0.25) is 0 Å². The van der Waals surface area contributed by atoms with Crippen LogP contribution in [0.25, 0.3) is 0 Å². The molecule has 0 fully saturated rings. The molecule has 2 aromatic rings. The van der Waals surface area contributed by atoms with Crippen LogP contribution >= 0.6 is 0 Å². The monoisotopic (exact) mass is 240 g/mol. The topological polar surface area (TPSA) is 52.4 Å². The summed E-state index contributed by atoms with van der Waals surface area (Å²) < 4.78 is 12.8. The van der Waals surface area contributed by atoms with Crippen molar-refractivity contribution in [2.75, 3.05) is 0 Å². The summed E-state index contributed by atoms with van der Waals surface area (Å²) in [6.07, 6.45) is 0. The lowest BCUT2D eigenvalue weighted by Gasteiger charge is -1.94. The van der Waals surface area contributed by atoms with Gasteiger partial charge in [-0.05, 0) is 36.4 Å². The van der Waals surface area contributed by atoms with Crippen LogP contribution in [0.4, 0.5) is 10.1 Å². The quantitative estimate of drug-likeness (QED) is 0.757. The van der Waals surface area contributed by atoms with Crippen LogP contribution in [0, 0.1) is 5.82 Å². The number of nitrogens with zero attached hydrogens (tertiary/aromatic N) is 1. The van der Waals surface area contributed by atoms with Crippen LogP contribution in [0.1, 0.15) is 11.1 Å². The molecule has 3 rings (SSSR count). The van der Waals surface area contributed by atoms with Gasteiger partial charge in [0.15, 0.2) is 0 Å². The van der Waals surface area contributed by atoms with Gasteiger partial charge in [-0.15, -0.1) is 4.99 Å². The molecule has 0 aromatic heterocycles. The number of hydrogen-bond donors (Lipinski definition) is 2. The van der Waals surface area contributed by atoms with Gasteiger partial charge in [-0.1, -0.05) is 12.1 Å². The van der Waals surface area contributed by atoms with Crippen LogP contribution in [0.15, 0.2) is 53.5 Å². The van der Waals surface area contributed by atoms with Crippen LogP contribution in [-0.4, -0.2) is 11.7 Å². The molecule has 88 valence electrons. The number of nitrogens with two attached hydrogens (primary N) is 1. The zero-order chi connectivity index (χ0) is 12.5. The Morgan fingerprint density at radius 3 is 2.33 bits per heavy atom. The van der Waals surface area contributed by atoms with E-state index in [1.165, 1.54) is 12.1 Å². The fourth-order valence-electron chi connectivity index (χ4n) is 1.92. The number of amidine groups is 2. The Hall–Kier alpha value is -2.49. The van der Waals surface area contributed by atoms with Gasteiger partial charge in [0.1, 0.15) is 11.5 Å². The summed E-state index contributed by atoms with van der Waals surface area (Å²) in [5.41, 5.74) is 8.46. The predicted molar refractivity (Wildman–Crippen MR) is 68.3 cm³/mol. The van der Waals surface area contributed by atoms with E-state index in [1.54, 1.807) is 12.1 Å². The highest BCUT2D eigenvalue weighted by molar-refractivity contribution is 6.12. The Balaban J connectivity index is 2.07. The van der Waals surface area contributed by atoms with Crippen molar-refractivity contribution in [1.29, 1.82) is 0 Å². The number of fused-ring (bicyclic) bond motifs is 1. The fraction of sp³-hybridized carbons (Fsp3) is 0. The van der Waals surface area contributed by atoms with E-state index in [9.17, 15) is 4.39 Å². The van der Waals surface area contributed by atoms with Gasteiger partial charge in [-0.2, -0.15) is 0 Å². The first-order valence-corrected chi connectivity index (χ1v) is 5.57. The molecule has 0 bridgehead atoms. The first-order chi connectivity index (χ1) is 8.74. The zero-order valence-corrected chi connectivity index (χ0v) is 9.52. The number of benzene rings is 2. The second-order valence-corrected chi connectivity index (χ2v) is 4.02. The molecule has 0 atom stereocenters. The van der Waals surface area contributed by atoms with Crippen molar-refractivity contribution < 1.29 is 9.38 Å². The molecule has 0 aliphatic carbocycles. The second kappa shape index (κ2) is 4.07. The minimum atomic E-state index is -0.273. The maximum atomic E-state index is 12.8. The van der Waals surface area contributed by atoms with E-state index in [1.807, 2.05) is 24.3 Å². The summed E-state index contributed by atoms with van der Waals surface area (Å²) in [4.78, 5) is 7.46. The Kier molecular flexibility index (Phi) is 2.41. The molecule has 0 amide bonds. The molecule has 0 saturated heterocycles. The molecule has 2 aromatic carbocycles. The number of nitrogens with one attached hydrogen (secondary N) is 1. The molecule has 1 aliphatic rings. The number of rotatable bonds is 1. The van der Waals surface area contributed by atoms with Crippen molar-refractivity contribution in [1.82, 2.24) is 0 Å². The van der Waals surface area contributed by atoms with Gasteiger partial charge >= 0.3 is 0 Å². The van der Waals surface area contributed by atoms with Crippen molar-refractivity contribution >= 4 is 17.4 Å². The zero-order valence-electron chi connectivity index (χ0n) is 9.52. The summed E-state index contributed by atoms with van der Waals surface area (Å²) in [5, 5.41) is 0. The lowest BCUT2D eigenvalue weighted by Crippen LogP contribution is -2.76. The SMILES string of the molecule is NC1=[NH+]C(=Nc2ccc(F)cc2)c2ccccc21. The molecule has 1 aliphatic heterocycles. The number of aliphatic imine (C=N–C) groups is 1. The van der Waals surface area contributed by atoms with Crippen LogP contribution in [-0.2, 0) is 0 Å². The van der Waals surface area contributed by atoms with Crippen molar-refractivity contribution in [2.24, 2.45) is 10.7 Å². The maximum absolute atomic E-state index is 12.8. The van der Waals surface area contributed by atoms with Gasteiger partial charge in [0.05, 0.1) is 11.1 Å². The Morgan fingerprint density at radius 1 is 0.944 bits per heavy atom. The molecule has 0 radical (unpaired) electrons. The molecule has 18 heavy (non-hydrogen) atoms. The molecule has 1 heterocycles. The Bertz CT molecular complexity index is 657. The standard InChI is InChI=1S/C14H10FN3/c15-9-5-7-10(8-6-9)17-14-12-4-2-1-3-11(12)13(16)18-14/h1-8H,(H2,16,17,18)/p+1. The molecule has 3 N–H and O–H groups in total. The second-order valence-electron chi connectivity index (χ2n) is 4.02. The van der Waals surface area contributed by atoms with Crippen molar-refractivity contribution in [3.05, 3.63) is 65.5 Å². The van der Waals surface area contributed by atoms with E-state index in [-0.39, 0.29) is 5.82 Å². The average molecular weight is 240 g/mol. The summed E-state index contributed by atoms with van der Waals surface area (Å²) in [5.74, 6) is 1.01. The largest absolute Gasteiger partial charge is 0.318 e. The van der Waals surface area contributed by atoms with Crippen LogP contribution in [0.3, 0.4) is 0 Å². The molecule has 0 unspecified atom stereocenters. The third kappa shape index (κ3) is 1.78. The molecule has 4 heteroatoms. The lowest BCUT2D eigenvalue weighted by molar-refractivity contribution is -0.311. The van der Waals surface area contributed by atoms with E-state index < -0.39 is 0 Å². The minimum absolute atomic E-state index is 0.273. The van der Waals surface area contributed by atoms with Crippen LogP contribution in [0.5, 0.6) is 0 Å². The van der Waals surface area contributed by atoms with E-state index >= 15 is 0 Å². The highest BCUT2D eigenvalue weighted by atomic mass is 19.1. The van der Waals surface area contributed by atoms with Gasteiger partial charge in [0.2, 0.25) is 5.84 Å². The number of halogens is 1. The highest BCUT2D eigenvalue weighted by Crippen LogP contribution is 2.15. The number of hydrogen-bond acceptors (Lipinski definition) is 2. The third-order valence-corrected chi connectivity index (χ3v) is 2.79. The molecular formula is C14H11FN3+. The Labute approximate surface area is 104 Å². The summed E-state index contributed by atoms with van der Waals surface area (Å²) >= 11 is 0. The van der Waals surface area contributed by atoms with Gasteiger partial charge in [-0.3, -0.25) is 0 Å². The lowest BCUT2D eigenvalue weighted by atomic mass is 10.1. The molecule has 0 saturated carbocycles. The summed E-state index contributed by atoms with van der Waals surface area (Å²) in [6.45, 7) is 0. The summed E-state index contributed by atoms with van der Waals surface area (Å²) in [7, 11) is 0. The summed E-state index contributed by atoms with van der Waals surface area (Å²) in [6, 6.07) is 13.8. The van der Waals surface area contributed by atoms with E-state index in [0.717, 1.165) is 11.1 Å². The van der Waals surface area contributed by atoms with Gasteiger partial charge in [0.25, 0.3) is 5.84 Å². The minimum Gasteiger partial charge on any atom is -0.318 e. The number of nitrogen functional groups attached to an aromatic ring is 1. The van der Waals surface area contributed by atoms with E-state index in [0.29, 0.717) is 17.4 Å². The first-order valence-electron chi connectivity index (χ1n) is 5.57. The van der Waals surface area contributed by atoms with E-state index in [4.69, 9.17) is 5.73 Å². The fourth-order valence-corrected chi connectivity index (χ4v) is 1.92. The van der Waals surface area contributed by atoms with Gasteiger partial charge in [0, 0.05) is 0 Å². The average Bonchev–Trinajstić information content (AvgIpc) is 2.70. The highest BCUT2D eigenvalue weighted by Gasteiger charge is 2.23. The molecule has 0 spiro atoms. The third-order valence-electron chi connectivity index (χ3n) is 2.79. The molecular weight excluding hydrogens is 229 g/mol. The van der Waals surface area contributed by atoms with Gasteiger partial charge < -0.3 is 5.73 Å². The van der Waals surface area contributed by atoms with Crippen molar-refractivity contribution in [3.8, 4) is 0 Å². The first kappa shape index (κ1) is 10.7. The predicted octanol–water partition coefficient (Wildman–Crippen LogP) is 0.704. The van der Waals surface area contributed by atoms with Crippen LogP contribution < -0.4 is 10.7 Å². The Morgan fingerprint density at radius 2 is 1.61 bits per heavy atom. The smallest absolute Gasteiger partial charge is 0.269 e. The van der Waals surface area contributed by atoms with Crippen molar-refractivity contribution in [3.63, 3.8) is 0 Å². The van der Waals surface area contributed by atoms with Gasteiger partial charge in [-0.25, -0.2) is 9.38 Å². The van der Waals surface area contributed by atoms with Crippen molar-refractivity contribution in [2.45, 2.75) is 0 Å². The van der Waals surface area contributed by atoms with E-state index in [2.05, 4.69) is 9.98 Å². The molecule has 3 nitrogen and oxygen atoms in total. The maximum Gasteiger partial charge on any atom is 0.269 e.